The SMILES string of the molecule is CCOC1=C2CN(SI)[C@H](c3ccccc3)C[C@@H]2N(SI)[C@H](c2ccccc2Cl)C1. The van der Waals surface area contributed by atoms with Crippen molar-refractivity contribution in [1.29, 1.82) is 0 Å². The maximum Gasteiger partial charge on any atom is 0.1000 e. The second-order valence-electron chi connectivity index (χ2n) is 7.37. The number of hydrogen-bond acceptors (Lipinski definition) is 5. The first-order valence-corrected chi connectivity index (χ1v) is 16.9. The Bertz CT molecular complexity index is 902. The molecule has 4 rings (SSSR count). The van der Waals surface area contributed by atoms with Crippen LogP contribution >= 0.6 is 72.3 Å². The molecular formula is C22H23ClI2N2OS2. The van der Waals surface area contributed by atoms with E-state index in [0.29, 0.717) is 18.7 Å². The zero-order chi connectivity index (χ0) is 21.1. The van der Waals surface area contributed by atoms with Gasteiger partial charge in [0.05, 0.1) is 18.4 Å². The summed E-state index contributed by atoms with van der Waals surface area (Å²) >= 11 is 11.5. The number of fused-ring (bicyclic) bond motifs is 1. The number of hydrogen-bond donors (Lipinski definition) is 0. The standard InChI is InChI=1S/C22H23ClI2N2OS2/c1-2-28-22-13-21(16-10-6-7-11-18(16)23)27(30-25)20-12-19(15-8-4-3-5-9-15)26(29-24)14-17(20)22/h3-11,19-21H,2,12-14H2,1H3/t19-,20-,21-/m0/s1. The van der Waals surface area contributed by atoms with Gasteiger partial charge < -0.3 is 4.74 Å². The summed E-state index contributed by atoms with van der Waals surface area (Å²) in [7, 11) is 3.60. The smallest absolute Gasteiger partial charge is 0.1000 e. The van der Waals surface area contributed by atoms with Gasteiger partial charge in [-0.3, -0.25) is 0 Å². The first-order valence-electron chi connectivity index (χ1n) is 9.94. The van der Waals surface area contributed by atoms with Crippen LogP contribution in [-0.2, 0) is 4.74 Å². The molecule has 2 aliphatic heterocycles. The van der Waals surface area contributed by atoms with Crippen molar-refractivity contribution < 1.29 is 4.74 Å². The Hall–Kier alpha value is 0.350. The van der Waals surface area contributed by atoms with E-state index in [1.54, 1.807) is 18.2 Å². The molecule has 2 aromatic carbocycles. The zero-order valence-corrected chi connectivity index (χ0v) is 23.2. The molecule has 0 bridgehead atoms. The summed E-state index contributed by atoms with van der Waals surface area (Å²) in [4.78, 5) is 0. The van der Waals surface area contributed by atoms with Crippen LogP contribution in [0.2, 0.25) is 5.02 Å². The lowest BCUT2D eigenvalue weighted by molar-refractivity contribution is 0.129. The average molecular weight is 685 g/mol. The molecular weight excluding hydrogens is 662 g/mol. The van der Waals surface area contributed by atoms with E-state index in [-0.39, 0.29) is 6.04 Å². The van der Waals surface area contributed by atoms with Gasteiger partial charge in [-0.25, -0.2) is 8.61 Å². The van der Waals surface area contributed by atoms with Crippen LogP contribution < -0.4 is 0 Å². The molecule has 2 aliphatic rings. The molecule has 0 radical (unpaired) electrons. The largest absolute Gasteiger partial charge is 0.498 e. The van der Waals surface area contributed by atoms with Crippen molar-refractivity contribution in [1.82, 2.24) is 8.61 Å². The number of rotatable bonds is 6. The van der Waals surface area contributed by atoms with E-state index in [1.807, 2.05) is 12.1 Å². The van der Waals surface area contributed by atoms with E-state index in [9.17, 15) is 0 Å². The highest BCUT2D eigenvalue weighted by Gasteiger charge is 2.44. The molecule has 0 amide bonds. The average Bonchev–Trinajstić information content (AvgIpc) is 2.79. The Balaban J connectivity index is 1.76. The maximum absolute atomic E-state index is 6.64. The van der Waals surface area contributed by atoms with Gasteiger partial charge in [-0.15, -0.1) is 0 Å². The minimum Gasteiger partial charge on any atom is -0.498 e. The molecule has 0 spiro atoms. The molecule has 0 unspecified atom stereocenters. The molecule has 0 saturated carbocycles. The summed E-state index contributed by atoms with van der Waals surface area (Å²) < 4.78 is 11.3. The number of ether oxygens (including phenoxy) is 1. The van der Waals surface area contributed by atoms with E-state index in [2.05, 4.69) is 100 Å². The van der Waals surface area contributed by atoms with Crippen molar-refractivity contribution in [3.8, 4) is 0 Å². The molecule has 160 valence electrons. The monoisotopic (exact) mass is 684 g/mol. The summed E-state index contributed by atoms with van der Waals surface area (Å²) in [6.45, 7) is 3.68. The molecule has 8 heteroatoms. The van der Waals surface area contributed by atoms with Gasteiger partial charge in [0.25, 0.3) is 0 Å². The molecule has 1 saturated heterocycles. The van der Waals surface area contributed by atoms with Crippen molar-refractivity contribution in [2.45, 2.75) is 37.9 Å². The van der Waals surface area contributed by atoms with E-state index in [4.69, 9.17) is 16.3 Å². The first-order chi connectivity index (χ1) is 14.7. The van der Waals surface area contributed by atoms with Crippen molar-refractivity contribution in [2.75, 3.05) is 13.2 Å². The van der Waals surface area contributed by atoms with Crippen LogP contribution in [0, 0.1) is 0 Å². The maximum atomic E-state index is 6.64. The van der Waals surface area contributed by atoms with Crippen LogP contribution in [0.3, 0.4) is 0 Å². The Morgan fingerprint density at radius 2 is 1.73 bits per heavy atom. The Labute approximate surface area is 216 Å². The fraction of sp³-hybridized carbons (Fsp3) is 0.364. The predicted molar refractivity (Wildman–Crippen MR) is 147 cm³/mol. The Kier molecular flexibility index (Phi) is 8.60. The van der Waals surface area contributed by atoms with Crippen LogP contribution in [0.15, 0.2) is 65.9 Å². The second kappa shape index (κ2) is 11.0. The third kappa shape index (κ3) is 4.82. The fourth-order valence-electron chi connectivity index (χ4n) is 4.46. The highest BCUT2D eigenvalue weighted by atomic mass is 127. The molecule has 3 nitrogen and oxygen atoms in total. The van der Waals surface area contributed by atoms with Gasteiger partial charge in [-0.2, -0.15) is 0 Å². The molecule has 0 N–H and O–H groups in total. The van der Waals surface area contributed by atoms with Gasteiger partial charge in [0.15, 0.2) is 0 Å². The van der Waals surface area contributed by atoms with Gasteiger partial charge in [0.2, 0.25) is 0 Å². The van der Waals surface area contributed by atoms with Crippen LogP contribution in [0.25, 0.3) is 0 Å². The van der Waals surface area contributed by atoms with E-state index >= 15 is 0 Å². The minimum atomic E-state index is 0.200. The normalized spacial score (nSPS) is 25.3. The summed E-state index contributed by atoms with van der Waals surface area (Å²) in [5.41, 5.74) is 3.97. The van der Waals surface area contributed by atoms with Crippen LogP contribution in [-0.4, -0.2) is 27.8 Å². The van der Waals surface area contributed by atoms with Gasteiger partial charge >= 0.3 is 0 Å². The van der Waals surface area contributed by atoms with Gasteiger partial charge in [0, 0.05) is 78.1 Å². The molecule has 0 aromatic heterocycles. The predicted octanol–water partition coefficient (Wildman–Crippen LogP) is 8.19. The highest BCUT2D eigenvalue weighted by molar-refractivity contribution is 14.2. The summed E-state index contributed by atoms with van der Waals surface area (Å²) in [5, 5.41) is 0.831. The lowest BCUT2D eigenvalue weighted by Gasteiger charge is -2.48. The Morgan fingerprint density at radius 3 is 2.40 bits per heavy atom. The number of nitrogens with zero attached hydrogens (tertiary/aromatic N) is 2. The highest BCUT2D eigenvalue weighted by Crippen LogP contribution is 2.52. The quantitative estimate of drug-likeness (QED) is 0.225. The lowest BCUT2D eigenvalue weighted by atomic mass is 9.84. The van der Waals surface area contributed by atoms with Crippen LogP contribution in [0.5, 0.6) is 0 Å². The molecule has 3 atom stereocenters. The second-order valence-corrected chi connectivity index (χ2v) is 11.3. The van der Waals surface area contributed by atoms with Crippen molar-refractivity contribution in [3.63, 3.8) is 0 Å². The molecule has 2 aromatic rings. The van der Waals surface area contributed by atoms with Gasteiger partial charge in [-0.1, -0.05) is 60.1 Å². The lowest BCUT2D eigenvalue weighted by Crippen LogP contribution is -2.47. The number of halogens is 3. The van der Waals surface area contributed by atoms with Gasteiger partial charge in [-0.05, 0) is 48.8 Å². The van der Waals surface area contributed by atoms with E-state index < -0.39 is 0 Å². The summed E-state index contributed by atoms with van der Waals surface area (Å²) in [6, 6.07) is 20.0. The van der Waals surface area contributed by atoms with Crippen LogP contribution in [0.1, 0.15) is 43.0 Å². The number of benzene rings is 2. The third-order valence-electron chi connectivity index (χ3n) is 5.81. The molecule has 30 heavy (non-hydrogen) atoms. The van der Waals surface area contributed by atoms with E-state index in [0.717, 1.165) is 30.2 Å². The molecule has 1 fully saturated rings. The first kappa shape index (κ1) is 23.5. The van der Waals surface area contributed by atoms with Crippen molar-refractivity contribution >= 4 is 72.3 Å². The topological polar surface area (TPSA) is 15.7 Å². The van der Waals surface area contributed by atoms with E-state index in [1.165, 1.54) is 16.7 Å². The minimum absolute atomic E-state index is 0.200. The summed E-state index contributed by atoms with van der Waals surface area (Å²) in [5.74, 6) is 1.15. The number of piperidine rings is 1. The summed E-state index contributed by atoms with van der Waals surface area (Å²) in [6.07, 6.45) is 1.89. The van der Waals surface area contributed by atoms with Gasteiger partial charge in [0.1, 0.15) is 0 Å². The van der Waals surface area contributed by atoms with Crippen molar-refractivity contribution in [3.05, 3.63) is 82.1 Å². The van der Waals surface area contributed by atoms with Crippen LogP contribution in [0.4, 0.5) is 0 Å². The Morgan fingerprint density at radius 1 is 1.00 bits per heavy atom. The molecule has 2 heterocycles. The third-order valence-corrected chi connectivity index (χ3v) is 10.3. The molecule has 0 aliphatic carbocycles. The zero-order valence-electron chi connectivity index (χ0n) is 16.5. The fourth-order valence-corrected chi connectivity index (χ4v) is 8.70. The van der Waals surface area contributed by atoms with Crippen molar-refractivity contribution in [2.24, 2.45) is 0 Å².